The van der Waals surface area contributed by atoms with Crippen molar-refractivity contribution in [2.24, 2.45) is 0 Å². The zero-order valence-electron chi connectivity index (χ0n) is 12.6. The van der Waals surface area contributed by atoms with E-state index in [9.17, 15) is 8.42 Å². The van der Waals surface area contributed by atoms with Crippen LogP contribution in [0.2, 0.25) is 0 Å². The van der Waals surface area contributed by atoms with Crippen LogP contribution in [0, 0.1) is 0 Å². The summed E-state index contributed by atoms with van der Waals surface area (Å²) in [4.78, 5) is 0.280. The van der Waals surface area contributed by atoms with Crippen molar-refractivity contribution in [3.8, 4) is 11.5 Å². The highest BCUT2D eigenvalue weighted by Crippen LogP contribution is 2.17. The summed E-state index contributed by atoms with van der Waals surface area (Å²) in [5, 5.41) is 0. The zero-order chi connectivity index (χ0) is 16.0. The van der Waals surface area contributed by atoms with E-state index in [0.717, 1.165) is 5.75 Å². The van der Waals surface area contributed by atoms with Gasteiger partial charge in [-0.3, -0.25) is 0 Å². The van der Waals surface area contributed by atoms with E-state index in [0.29, 0.717) is 5.75 Å². The molecule has 0 aliphatic carbocycles. The number of benzene rings is 2. The zero-order valence-corrected chi connectivity index (χ0v) is 13.4. The Morgan fingerprint density at radius 2 is 1.55 bits per heavy atom. The number of hydrogen-bond donors (Lipinski definition) is 0. The predicted molar refractivity (Wildman–Crippen MR) is 84.7 cm³/mol. The minimum absolute atomic E-state index is 0.267. The lowest BCUT2D eigenvalue weighted by Gasteiger charge is -2.17. The van der Waals surface area contributed by atoms with Crippen molar-refractivity contribution in [2.75, 3.05) is 27.3 Å². The highest BCUT2D eigenvalue weighted by molar-refractivity contribution is 7.89. The quantitative estimate of drug-likeness (QED) is 0.786. The molecule has 22 heavy (non-hydrogen) atoms. The van der Waals surface area contributed by atoms with Gasteiger partial charge >= 0.3 is 0 Å². The fourth-order valence-corrected chi connectivity index (χ4v) is 3.03. The summed E-state index contributed by atoms with van der Waals surface area (Å²) >= 11 is 0. The molecule has 2 aromatic carbocycles. The molecule has 0 aliphatic rings. The van der Waals surface area contributed by atoms with Crippen LogP contribution in [0.3, 0.4) is 0 Å². The maximum Gasteiger partial charge on any atom is 0.242 e. The Kier molecular flexibility index (Phi) is 5.41. The van der Waals surface area contributed by atoms with Gasteiger partial charge in [0, 0.05) is 13.6 Å². The predicted octanol–water partition coefficient (Wildman–Crippen LogP) is 2.39. The van der Waals surface area contributed by atoms with Gasteiger partial charge < -0.3 is 9.47 Å². The van der Waals surface area contributed by atoms with E-state index in [4.69, 9.17) is 9.47 Å². The summed E-state index contributed by atoms with van der Waals surface area (Å²) in [7, 11) is -0.333. The standard InChI is InChI=1S/C16H19NO4S/c1-17(22(18,19)16-6-4-3-5-7-16)12-13-21-15-10-8-14(20-2)9-11-15/h3-11H,12-13H2,1-2H3. The molecule has 118 valence electrons. The largest absolute Gasteiger partial charge is 0.497 e. The molecule has 0 spiro atoms. The number of ether oxygens (including phenoxy) is 2. The van der Waals surface area contributed by atoms with Crippen LogP contribution >= 0.6 is 0 Å². The van der Waals surface area contributed by atoms with Gasteiger partial charge in [0.2, 0.25) is 10.0 Å². The van der Waals surface area contributed by atoms with Crippen LogP contribution in [0.15, 0.2) is 59.5 Å². The topological polar surface area (TPSA) is 55.8 Å². The first-order chi connectivity index (χ1) is 10.5. The van der Waals surface area contributed by atoms with Crippen LogP contribution in [0.25, 0.3) is 0 Å². The molecule has 2 rings (SSSR count). The van der Waals surface area contributed by atoms with Crippen molar-refractivity contribution in [1.82, 2.24) is 4.31 Å². The second-order valence-electron chi connectivity index (χ2n) is 4.66. The number of nitrogens with zero attached hydrogens (tertiary/aromatic N) is 1. The molecule has 0 saturated heterocycles. The van der Waals surface area contributed by atoms with Crippen molar-refractivity contribution in [3.63, 3.8) is 0 Å². The van der Waals surface area contributed by atoms with E-state index in [-0.39, 0.29) is 18.0 Å². The van der Waals surface area contributed by atoms with Gasteiger partial charge in [0.15, 0.2) is 0 Å². The lowest BCUT2D eigenvalue weighted by atomic mass is 10.3. The summed E-state index contributed by atoms with van der Waals surface area (Å²) < 4.78 is 36.5. The molecule has 5 nitrogen and oxygen atoms in total. The molecule has 0 bridgehead atoms. The van der Waals surface area contributed by atoms with Crippen LogP contribution < -0.4 is 9.47 Å². The Balaban J connectivity index is 1.91. The second kappa shape index (κ2) is 7.29. The minimum atomic E-state index is -3.47. The average Bonchev–Trinajstić information content (AvgIpc) is 2.56. The molecule has 0 aliphatic heterocycles. The van der Waals surface area contributed by atoms with E-state index in [2.05, 4.69) is 0 Å². The molecule has 0 N–H and O–H groups in total. The second-order valence-corrected chi connectivity index (χ2v) is 6.71. The van der Waals surface area contributed by atoms with E-state index >= 15 is 0 Å². The number of rotatable bonds is 7. The average molecular weight is 321 g/mol. The van der Waals surface area contributed by atoms with E-state index in [1.807, 2.05) is 0 Å². The van der Waals surface area contributed by atoms with Crippen molar-refractivity contribution in [2.45, 2.75) is 4.90 Å². The summed E-state index contributed by atoms with van der Waals surface area (Å²) in [6, 6.07) is 15.5. The van der Waals surface area contributed by atoms with E-state index in [1.54, 1.807) is 68.8 Å². The Hall–Kier alpha value is -2.05. The lowest BCUT2D eigenvalue weighted by Crippen LogP contribution is -2.30. The van der Waals surface area contributed by atoms with Gasteiger partial charge in [-0.25, -0.2) is 8.42 Å². The molecule has 6 heteroatoms. The van der Waals surface area contributed by atoms with Gasteiger partial charge in [-0.15, -0.1) is 0 Å². The summed E-state index contributed by atoms with van der Waals surface area (Å²) in [5.74, 6) is 1.42. The number of hydrogen-bond acceptors (Lipinski definition) is 4. The Morgan fingerprint density at radius 3 is 2.14 bits per heavy atom. The van der Waals surface area contributed by atoms with E-state index < -0.39 is 10.0 Å². The molecular weight excluding hydrogens is 302 g/mol. The van der Waals surface area contributed by atoms with Crippen molar-refractivity contribution >= 4 is 10.0 Å². The van der Waals surface area contributed by atoms with Crippen LogP contribution in [-0.2, 0) is 10.0 Å². The Morgan fingerprint density at radius 1 is 0.955 bits per heavy atom. The number of methoxy groups -OCH3 is 1. The molecule has 0 saturated carbocycles. The molecular formula is C16H19NO4S. The normalized spacial score (nSPS) is 11.4. The molecule has 0 unspecified atom stereocenters. The molecule has 0 radical (unpaired) electrons. The summed E-state index contributed by atoms with van der Waals surface area (Å²) in [6.07, 6.45) is 0. The summed E-state index contributed by atoms with van der Waals surface area (Å²) in [5.41, 5.74) is 0. The van der Waals surface area contributed by atoms with Gasteiger partial charge in [0.1, 0.15) is 18.1 Å². The fourth-order valence-electron chi connectivity index (χ4n) is 1.86. The first-order valence-corrected chi connectivity index (χ1v) is 8.26. The van der Waals surface area contributed by atoms with Crippen LogP contribution in [-0.4, -0.2) is 40.0 Å². The van der Waals surface area contributed by atoms with Gasteiger partial charge in [-0.2, -0.15) is 4.31 Å². The maximum atomic E-state index is 12.3. The minimum Gasteiger partial charge on any atom is -0.497 e. The van der Waals surface area contributed by atoms with Gasteiger partial charge in [-0.05, 0) is 36.4 Å². The highest BCUT2D eigenvalue weighted by Gasteiger charge is 2.19. The fraction of sp³-hybridized carbons (Fsp3) is 0.250. The van der Waals surface area contributed by atoms with Gasteiger partial charge in [0.25, 0.3) is 0 Å². The maximum absolute atomic E-state index is 12.3. The first-order valence-electron chi connectivity index (χ1n) is 6.82. The van der Waals surface area contributed by atoms with Crippen molar-refractivity contribution in [1.29, 1.82) is 0 Å². The third-order valence-corrected chi connectivity index (χ3v) is 5.06. The smallest absolute Gasteiger partial charge is 0.242 e. The van der Waals surface area contributed by atoms with Gasteiger partial charge in [0.05, 0.1) is 12.0 Å². The molecule has 2 aromatic rings. The third kappa shape index (κ3) is 3.99. The molecule has 0 aromatic heterocycles. The molecule has 0 amide bonds. The molecule has 0 fully saturated rings. The number of sulfonamides is 1. The van der Waals surface area contributed by atoms with Crippen LogP contribution in [0.5, 0.6) is 11.5 Å². The monoisotopic (exact) mass is 321 g/mol. The van der Waals surface area contributed by atoms with Crippen LogP contribution in [0.1, 0.15) is 0 Å². The SMILES string of the molecule is COc1ccc(OCCN(C)S(=O)(=O)c2ccccc2)cc1. The summed E-state index contributed by atoms with van der Waals surface area (Å²) in [6.45, 7) is 0.540. The van der Waals surface area contributed by atoms with Crippen LogP contribution in [0.4, 0.5) is 0 Å². The first kappa shape index (κ1) is 16.3. The van der Waals surface area contributed by atoms with E-state index in [1.165, 1.54) is 4.31 Å². The van der Waals surface area contributed by atoms with Crippen molar-refractivity contribution < 1.29 is 17.9 Å². The highest BCUT2D eigenvalue weighted by atomic mass is 32.2. The molecule has 0 heterocycles. The Bertz CT molecular complexity index is 684. The van der Waals surface area contributed by atoms with Gasteiger partial charge in [-0.1, -0.05) is 18.2 Å². The third-order valence-electron chi connectivity index (χ3n) is 3.19. The lowest BCUT2D eigenvalue weighted by molar-refractivity contribution is 0.286. The molecule has 0 atom stereocenters. The number of likely N-dealkylation sites (N-methyl/N-ethyl adjacent to an activating group) is 1. The Labute approximate surface area is 131 Å². The van der Waals surface area contributed by atoms with Crippen molar-refractivity contribution in [3.05, 3.63) is 54.6 Å².